The molecule has 7 heteroatoms. The predicted molar refractivity (Wildman–Crippen MR) is 152 cm³/mol. The van der Waals surface area contributed by atoms with Gasteiger partial charge in [0.05, 0.1) is 6.04 Å². The summed E-state index contributed by atoms with van der Waals surface area (Å²) in [6.45, 7) is 6.60. The van der Waals surface area contributed by atoms with Crippen molar-refractivity contribution in [2.24, 2.45) is 10.4 Å². The molecule has 1 spiro atoms. The molecule has 1 aliphatic carbocycles. The van der Waals surface area contributed by atoms with E-state index >= 15 is 0 Å². The van der Waals surface area contributed by atoms with Gasteiger partial charge < -0.3 is 10.2 Å². The number of benzene rings is 2. The Kier molecular flexibility index (Phi) is 7.64. The lowest BCUT2D eigenvalue weighted by Crippen LogP contribution is -2.51. The van der Waals surface area contributed by atoms with Crippen LogP contribution in [0.4, 0.5) is 5.69 Å². The topological polar surface area (TPSA) is 27.6 Å². The van der Waals surface area contributed by atoms with Crippen LogP contribution in [0, 0.1) is 5.41 Å². The summed E-state index contributed by atoms with van der Waals surface area (Å²) in [5, 5.41) is 6.12. The second-order valence-corrected chi connectivity index (χ2v) is 11.8. The molecule has 1 N–H and O–H groups in total. The second kappa shape index (κ2) is 10.2. The number of halogens is 3. The van der Waals surface area contributed by atoms with Crippen LogP contribution in [-0.4, -0.2) is 22.5 Å². The first-order chi connectivity index (χ1) is 16.1. The van der Waals surface area contributed by atoms with E-state index in [9.17, 15) is 0 Å². The first kappa shape index (κ1) is 25.5. The molecule has 4 rings (SSSR count). The van der Waals surface area contributed by atoms with Crippen LogP contribution in [-0.2, 0) is 0 Å². The molecular formula is C27H30Cl3N3S. The van der Waals surface area contributed by atoms with E-state index in [0.717, 1.165) is 42.8 Å². The zero-order valence-electron chi connectivity index (χ0n) is 19.7. The van der Waals surface area contributed by atoms with Gasteiger partial charge in [-0.05, 0) is 66.4 Å². The molecule has 0 bridgehead atoms. The van der Waals surface area contributed by atoms with Crippen LogP contribution >= 0.6 is 47.0 Å². The van der Waals surface area contributed by atoms with E-state index in [1.165, 1.54) is 6.42 Å². The predicted octanol–water partition coefficient (Wildman–Crippen LogP) is 8.57. The van der Waals surface area contributed by atoms with Crippen molar-refractivity contribution < 1.29 is 0 Å². The summed E-state index contributed by atoms with van der Waals surface area (Å²) < 4.78 is 0. The maximum Gasteiger partial charge on any atom is 0.179 e. The number of hydrogen-bond donors (Lipinski definition) is 1. The molecule has 3 nitrogen and oxygen atoms in total. The minimum atomic E-state index is -0.282. The third-order valence-electron chi connectivity index (χ3n) is 6.62. The average Bonchev–Trinajstić information content (AvgIpc) is 3.02. The summed E-state index contributed by atoms with van der Waals surface area (Å²) in [5.74, 6) is 0.948. The number of aliphatic imine (C=N–C) groups is 1. The smallest absolute Gasteiger partial charge is 0.179 e. The van der Waals surface area contributed by atoms with E-state index in [1.54, 1.807) is 6.07 Å². The Morgan fingerprint density at radius 3 is 2.38 bits per heavy atom. The van der Waals surface area contributed by atoms with Crippen LogP contribution < -0.4 is 10.2 Å². The van der Waals surface area contributed by atoms with E-state index in [1.807, 2.05) is 36.4 Å². The van der Waals surface area contributed by atoms with Crippen molar-refractivity contribution >= 4 is 69.7 Å². The molecule has 180 valence electrons. The van der Waals surface area contributed by atoms with Gasteiger partial charge in [-0.1, -0.05) is 99.1 Å². The molecule has 1 aliphatic heterocycles. The van der Waals surface area contributed by atoms with E-state index < -0.39 is 0 Å². The summed E-state index contributed by atoms with van der Waals surface area (Å²) in [6, 6.07) is 13.4. The zero-order valence-corrected chi connectivity index (χ0v) is 22.8. The largest absolute Gasteiger partial charge is 0.319 e. The van der Waals surface area contributed by atoms with Crippen molar-refractivity contribution in [3.63, 3.8) is 0 Å². The van der Waals surface area contributed by atoms with Gasteiger partial charge in [-0.25, -0.2) is 0 Å². The highest BCUT2D eigenvalue weighted by Gasteiger charge is 2.50. The lowest BCUT2D eigenvalue weighted by Gasteiger charge is -2.41. The summed E-state index contributed by atoms with van der Waals surface area (Å²) >= 11 is 24.7. The molecule has 0 aromatic heterocycles. The van der Waals surface area contributed by atoms with Crippen LogP contribution in [0.1, 0.15) is 58.4 Å². The van der Waals surface area contributed by atoms with Crippen molar-refractivity contribution in [2.75, 3.05) is 4.90 Å². The molecule has 34 heavy (non-hydrogen) atoms. The highest BCUT2D eigenvalue weighted by molar-refractivity contribution is 7.80. The van der Waals surface area contributed by atoms with Crippen molar-refractivity contribution in [2.45, 2.75) is 64.5 Å². The Morgan fingerprint density at radius 2 is 1.74 bits per heavy atom. The minimum absolute atomic E-state index is 0.0809. The molecule has 2 aromatic carbocycles. The molecule has 2 fully saturated rings. The molecule has 0 unspecified atom stereocenters. The lowest BCUT2D eigenvalue weighted by molar-refractivity contribution is 0.357. The van der Waals surface area contributed by atoms with Crippen LogP contribution in [0.25, 0.3) is 6.08 Å². The molecule has 2 aliphatic rings. The van der Waals surface area contributed by atoms with Gasteiger partial charge in [-0.2, -0.15) is 0 Å². The monoisotopic (exact) mass is 533 g/mol. The van der Waals surface area contributed by atoms with Gasteiger partial charge >= 0.3 is 0 Å². The number of thiocarbonyl (C=S) groups is 1. The van der Waals surface area contributed by atoms with E-state index in [2.05, 4.69) is 43.1 Å². The molecule has 1 saturated carbocycles. The molecule has 2 aromatic rings. The maximum absolute atomic E-state index is 6.41. The van der Waals surface area contributed by atoms with Gasteiger partial charge in [0.25, 0.3) is 0 Å². The van der Waals surface area contributed by atoms with Crippen LogP contribution in [0.5, 0.6) is 0 Å². The molecule has 1 heterocycles. The lowest BCUT2D eigenvalue weighted by atomic mass is 9.79. The summed E-state index contributed by atoms with van der Waals surface area (Å²) in [7, 11) is 0. The highest BCUT2D eigenvalue weighted by atomic mass is 35.5. The van der Waals surface area contributed by atoms with Crippen LogP contribution in [0.3, 0.4) is 0 Å². The Bertz CT molecular complexity index is 1130. The summed E-state index contributed by atoms with van der Waals surface area (Å²) in [4.78, 5) is 7.56. The Balaban J connectivity index is 1.75. The zero-order chi connectivity index (χ0) is 24.5. The highest BCUT2D eigenvalue weighted by Crippen LogP contribution is 2.42. The molecule has 1 atom stereocenters. The third kappa shape index (κ3) is 5.31. The number of nitrogens with one attached hydrogen (secondary N) is 1. The minimum Gasteiger partial charge on any atom is -0.319 e. The fourth-order valence-corrected chi connectivity index (χ4v) is 5.83. The first-order valence-electron chi connectivity index (χ1n) is 11.7. The third-order valence-corrected chi connectivity index (χ3v) is 7.70. The Morgan fingerprint density at radius 1 is 1.03 bits per heavy atom. The van der Waals surface area contributed by atoms with Gasteiger partial charge in [-0.15, -0.1) is 0 Å². The molecule has 1 saturated heterocycles. The van der Waals surface area contributed by atoms with Crippen LogP contribution in [0.15, 0.2) is 53.5 Å². The van der Waals surface area contributed by atoms with Gasteiger partial charge in [0.2, 0.25) is 0 Å². The van der Waals surface area contributed by atoms with Gasteiger partial charge in [0.15, 0.2) is 5.11 Å². The fourth-order valence-electron chi connectivity index (χ4n) is 4.80. The maximum atomic E-state index is 6.41. The SMILES string of the molecule is CC(C)(C)[C@@H](C=Cc1ccc(Cl)cc1Cl)N=C1NC(=S)N(c2cccc(Cl)c2)C12CCCCC2. The standard InChI is InChI=1S/C27H30Cl3N3S/c1-26(2,3)23(13-11-18-10-12-20(29)17-22(18)30)31-24-27(14-5-4-6-15-27)33(25(34)32-24)21-9-7-8-19(28)16-21/h7-13,16-17,23H,4-6,14-15H2,1-3H3,(H,31,32,34)/t23-/m1/s1. The number of anilines is 1. The Hall–Kier alpha value is -1.59. The molecule has 0 radical (unpaired) electrons. The number of nitrogens with zero attached hydrogens (tertiary/aromatic N) is 2. The van der Waals surface area contributed by atoms with Crippen molar-refractivity contribution in [1.82, 2.24) is 5.32 Å². The second-order valence-electron chi connectivity index (χ2n) is 10.2. The first-order valence-corrected chi connectivity index (χ1v) is 13.2. The van der Waals surface area contributed by atoms with Crippen LogP contribution in [0.2, 0.25) is 15.1 Å². The number of hydrogen-bond acceptors (Lipinski definition) is 2. The van der Waals surface area contributed by atoms with E-state index in [-0.39, 0.29) is 17.0 Å². The number of amidine groups is 1. The van der Waals surface area contributed by atoms with Gasteiger partial charge in [-0.3, -0.25) is 4.99 Å². The number of rotatable bonds is 4. The molecule has 0 amide bonds. The normalized spacial score (nSPS) is 20.4. The quantitative estimate of drug-likeness (QED) is 0.398. The van der Waals surface area contributed by atoms with Crippen molar-refractivity contribution in [1.29, 1.82) is 0 Å². The fraction of sp³-hybridized carbons (Fsp3) is 0.407. The summed E-state index contributed by atoms with van der Waals surface area (Å²) in [5.41, 5.74) is 1.54. The van der Waals surface area contributed by atoms with Gasteiger partial charge in [0, 0.05) is 20.8 Å². The molecular weight excluding hydrogens is 505 g/mol. The average molecular weight is 535 g/mol. The van der Waals surface area contributed by atoms with Crippen molar-refractivity contribution in [3.8, 4) is 0 Å². The van der Waals surface area contributed by atoms with E-state index in [4.69, 9.17) is 52.0 Å². The summed E-state index contributed by atoms with van der Waals surface area (Å²) in [6.07, 6.45) is 9.65. The Labute approximate surface area is 223 Å². The van der Waals surface area contributed by atoms with Crippen molar-refractivity contribution in [3.05, 3.63) is 69.2 Å². The van der Waals surface area contributed by atoms with E-state index in [0.29, 0.717) is 20.2 Å². The van der Waals surface area contributed by atoms with Gasteiger partial charge in [0.1, 0.15) is 11.4 Å².